The van der Waals surface area contributed by atoms with Gasteiger partial charge in [-0.15, -0.1) is 0 Å². The van der Waals surface area contributed by atoms with Gasteiger partial charge in [0.1, 0.15) is 0 Å². The first-order chi connectivity index (χ1) is 11.1. The van der Waals surface area contributed by atoms with Crippen molar-refractivity contribution in [2.45, 2.75) is 72.6 Å². The van der Waals surface area contributed by atoms with Gasteiger partial charge in [-0.25, -0.2) is 0 Å². The van der Waals surface area contributed by atoms with Crippen LogP contribution in [0.3, 0.4) is 0 Å². The minimum absolute atomic E-state index is 0.152. The molecule has 1 amide bonds. The summed E-state index contributed by atoms with van der Waals surface area (Å²) in [6.07, 6.45) is 11.3. The molecule has 1 rings (SSSR count). The van der Waals surface area contributed by atoms with Crippen molar-refractivity contribution < 1.29 is 4.79 Å². The van der Waals surface area contributed by atoms with Crippen LogP contribution in [0.25, 0.3) is 0 Å². The Morgan fingerprint density at radius 1 is 0.957 bits per heavy atom. The fraction of sp³-hybridized carbons (Fsp3) is 0.722. The first-order valence-electron chi connectivity index (χ1n) is 9.18. The summed E-state index contributed by atoms with van der Waals surface area (Å²) in [5.74, 6) is -0.152. The number of rotatable bonds is 11. The average Bonchev–Trinajstić information content (AvgIpc) is 2.61. The Hall–Kier alpha value is -0.651. The van der Waals surface area contributed by atoms with Gasteiger partial charge in [-0.1, -0.05) is 0 Å². The molecule has 23 heavy (non-hydrogen) atoms. The van der Waals surface area contributed by atoms with Gasteiger partial charge < -0.3 is 0 Å². The molecule has 0 unspecified atom stereocenters. The molecule has 130 valence electrons. The average molecular weight is 426 g/mol. The van der Waals surface area contributed by atoms with Gasteiger partial charge in [0.25, 0.3) is 0 Å². The van der Waals surface area contributed by atoms with Crippen LogP contribution in [0.4, 0.5) is 0 Å². The Morgan fingerprint density at radius 3 is 1.83 bits per heavy atom. The maximum atomic E-state index is 11.7. The molecule has 5 heteroatoms. The predicted molar refractivity (Wildman–Crippen MR) is 100.0 cm³/mol. The molecule has 0 spiro atoms. The zero-order chi connectivity index (χ0) is 17.1. The summed E-state index contributed by atoms with van der Waals surface area (Å²) in [4.78, 5) is 20.9. The van der Waals surface area contributed by atoms with Crippen LogP contribution in [0.15, 0.2) is 12.4 Å². The van der Waals surface area contributed by atoms with E-state index in [1.807, 2.05) is 6.20 Å². The fourth-order valence-electron chi connectivity index (χ4n) is 3.15. The van der Waals surface area contributed by atoms with Gasteiger partial charge in [0.2, 0.25) is 0 Å². The number of nitrogens with one attached hydrogen (secondary N) is 1. The number of carbonyl (C=O) groups is 1. The summed E-state index contributed by atoms with van der Waals surface area (Å²) in [5.41, 5.74) is 0.429. The SMILES string of the molecule is CCC[CH2][Sn]([CH2]CCC)([CH2]CCC)[c]1cnc(C(=O)NC)cn1. The molecule has 0 bridgehead atoms. The molecule has 0 radical (unpaired) electrons. The molecule has 0 saturated heterocycles. The Labute approximate surface area is 145 Å². The van der Waals surface area contributed by atoms with Crippen LogP contribution in [0.1, 0.15) is 69.8 Å². The van der Waals surface area contributed by atoms with Crippen molar-refractivity contribution in [3.63, 3.8) is 0 Å². The van der Waals surface area contributed by atoms with Crippen LogP contribution in [0, 0.1) is 0 Å². The second-order valence-electron chi connectivity index (χ2n) is 6.46. The van der Waals surface area contributed by atoms with Crippen molar-refractivity contribution in [1.82, 2.24) is 15.3 Å². The normalized spacial score (nSPS) is 11.5. The molecule has 0 aliphatic rings. The van der Waals surface area contributed by atoms with E-state index in [1.54, 1.807) is 13.2 Å². The molecule has 0 saturated carbocycles. The third-order valence-electron chi connectivity index (χ3n) is 4.68. The second-order valence-corrected chi connectivity index (χ2v) is 19.5. The summed E-state index contributed by atoms with van der Waals surface area (Å²) in [6.45, 7) is 6.82. The molecule has 1 N–H and O–H groups in total. The van der Waals surface area contributed by atoms with E-state index < -0.39 is 18.4 Å². The summed E-state index contributed by atoms with van der Waals surface area (Å²) in [6, 6.07) is 0. The van der Waals surface area contributed by atoms with Crippen molar-refractivity contribution in [1.29, 1.82) is 0 Å². The van der Waals surface area contributed by atoms with Crippen molar-refractivity contribution >= 4 is 28.0 Å². The number of nitrogens with zero attached hydrogens (tertiary/aromatic N) is 2. The topological polar surface area (TPSA) is 54.9 Å². The van der Waals surface area contributed by atoms with Crippen molar-refractivity contribution in [3.05, 3.63) is 18.1 Å². The van der Waals surface area contributed by atoms with Crippen LogP contribution in [-0.4, -0.2) is 41.3 Å². The minimum atomic E-state index is -2.49. The quantitative estimate of drug-likeness (QED) is 0.547. The molecule has 0 aliphatic carbocycles. The van der Waals surface area contributed by atoms with E-state index in [2.05, 4.69) is 31.1 Å². The molecule has 1 heterocycles. The Balaban J connectivity index is 3.09. The number of unbranched alkanes of at least 4 members (excludes halogenated alkanes) is 3. The van der Waals surface area contributed by atoms with Crippen LogP contribution in [0.2, 0.25) is 13.3 Å². The molecule has 4 nitrogen and oxygen atoms in total. The van der Waals surface area contributed by atoms with Gasteiger partial charge in [0, 0.05) is 0 Å². The molecule has 1 aromatic rings. The standard InChI is InChI=1S/C6H6N3O.3C4H9.Sn/c1-7-6(10)5-4-8-2-3-9-5;3*1-3-4-2;/h3-4H,1H3,(H,7,10);3*1,3-4H2,2H3;. The molecule has 0 atom stereocenters. The fourth-order valence-corrected chi connectivity index (χ4v) is 18.2. The Morgan fingerprint density at radius 2 is 1.48 bits per heavy atom. The first-order valence-corrected chi connectivity index (χ1v) is 16.7. The third-order valence-corrected chi connectivity index (χ3v) is 19.7. The van der Waals surface area contributed by atoms with E-state index >= 15 is 0 Å². The van der Waals surface area contributed by atoms with Crippen LogP contribution in [0.5, 0.6) is 0 Å². The summed E-state index contributed by atoms with van der Waals surface area (Å²) < 4.78 is 5.40. The second kappa shape index (κ2) is 11.0. The molecule has 0 aliphatic heterocycles. The summed E-state index contributed by atoms with van der Waals surface area (Å²) >= 11 is -2.49. The van der Waals surface area contributed by atoms with Crippen molar-refractivity contribution in [2.24, 2.45) is 0 Å². The Bertz CT molecular complexity index is 440. The molecule has 0 aromatic carbocycles. The van der Waals surface area contributed by atoms with Gasteiger partial charge in [0.05, 0.1) is 0 Å². The molecular weight excluding hydrogens is 393 g/mol. The van der Waals surface area contributed by atoms with Crippen molar-refractivity contribution in [2.75, 3.05) is 7.05 Å². The van der Waals surface area contributed by atoms with E-state index in [1.165, 1.54) is 55.5 Å². The van der Waals surface area contributed by atoms with E-state index in [0.717, 1.165) is 0 Å². The summed E-state index contributed by atoms with van der Waals surface area (Å²) in [5, 5.41) is 2.62. The number of aromatic nitrogens is 2. The zero-order valence-electron chi connectivity index (χ0n) is 15.3. The zero-order valence-corrected chi connectivity index (χ0v) is 18.2. The van der Waals surface area contributed by atoms with Crippen LogP contribution < -0.4 is 9.03 Å². The Kier molecular flexibility index (Phi) is 9.75. The van der Waals surface area contributed by atoms with E-state index in [4.69, 9.17) is 4.98 Å². The van der Waals surface area contributed by atoms with Gasteiger partial charge in [-0.05, 0) is 0 Å². The summed E-state index contributed by atoms with van der Waals surface area (Å²) in [7, 11) is 1.63. The number of hydrogen-bond donors (Lipinski definition) is 1. The van der Waals surface area contributed by atoms with E-state index in [-0.39, 0.29) is 5.91 Å². The van der Waals surface area contributed by atoms with E-state index in [0.29, 0.717) is 5.69 Å². The molecule has 0 fully saturated rings. The third kappa shape index (κ3) is 6.05. The predicted octanol–water partition coefficient (Wildman–Crippen LogP) is 3.89. The van der Waals surface area contributed by atoms with Gasteiger partial charge in [-0.2, -0.15) is 0 Å². The van der Waals surface area contributed by atoms with Crippen molar-refractivity contribution in [3.8, 4) is 0 Å². The van der Waals surface area contributed by atoms with E-state index in [9.17, 15) is 4.79 Å². The molecular formula is C18H33N3OSn. The first kappa shape index (κ1) is 20.4. The maximum absolute atomic E-state index is 11.7. The van der Waals surface area contributed by atoms with Gasteiger partial charge in [-0.3, -0.25) is 0 Å². The van der Waals surface area contributed by atoms with Gasteiger partial charge in [0.15, 0.2) is 0 Å². The molecule has 1 aromatic heterocycles. The van der Waals surface area contributed by atoms with Crippen LogP contribution in [-0.2, 0) is 0 Å². The monoisotopic (exact) mass is 427 g/mol. The van der Waals surface area contributed by atoms with Crippen LogP contribution >= 0.6 is 0 Å². The number of hydrogen-bond acceptors (Lipinski definition) is 3. The van der Waals surface area contributed by atoms with Gasteiger partial charge >= 0.3 is 146 Å². The number of carbonyl (C=O) groups excluding carboxylic acids is 1. The number of amides is 1.